The van der Waals surface area contributed by atoms with Crippen molar-refractivity contribution >= 4 is 23.5 Å². The van der Waals surface area contributed by atoms with Gasteiger partial charge < -0.3 is 15.4 Å². The van der Waals surface area contributed by atoms with E-state index in [2.05, 4.69) is 0 Å². The molecule has 0 heterocycles. The van der Waals surface area contributed by atoms with Crippen LogP contribution in [0.4, 0.5) is 4.79 Å². The summed E-state index contributed by atoms with van der Waals surface area (Å²) in [5.74, 6) is 0.815. The Labute approximate surface area is 156 Å². The van der Waals surface area contributed by atoms with E-state index < -0.39 is 12.1 Å². The van der Waals surface area contributed by atoms with Crippen LogP contribution < -0.4 is 10.5 Å². The summed E-state index contributed by atoms with van der Waals surface area (Å²) in [6.45, 7) is 1.59. The van der Waals surface area contributed by atoms with Gasteiger partial charge >= 0.3 is 6.03 Å². The van der Waals surface area contributed by atoms with Gasteiger partial charge in [-0.1, -0.05) is 17.7 Å². The van der Waals surface area contributed by atoms with Crippen molar-refractivity contribution in [1.29, 1.82) is 0 Å². The Balaban J connectivity index is 2.09. The van der Waals surface area contributed by atoms with Crippen molar-refractivity contribution in [1.82, 2.24) is 9.96 Å². The molecule has 0 bridgehead atoms. The van der Waals surface area contributed by atoms with E-state index >= 15 is 0 Å². The van der Waals surface area contributed by atoms with Gasteiger partial charge in [0.15, 0.2) is 0 Å². The highest BCUT2D eigenvalue weighted by molar-refractivity contribution is 6.30. The zero-order valence-corrected chi connectivity index (χ0v) is 15.2. The maximum Gasteiger partial charge on any atom is 0.338 e. The fourth-order valence-electron chi connectivity index (χ4n) is 2.20. The first kappa shape index (κ1) is 19.6. The zero-order valence-electron chi connectivity index (χ0n) is 14.4. The monoisotopic (exact) mass is 377 g/mol. The smallest absolute Gasteiger partial charge is 0.338 e. The first-order valence-electron chi connectivity index (χ1n) is 7.84. The molecule has 2 aromatic rings. The Bertz CT molecular complexity index is 782. The molecule has 2 aromatic carbocycles. The largest absolute Gasteiger partial charge is 0.457 e. The number of likely N-dealkylation sites (N-methyl/N-ethyl adjacent to an activating group) is 1. The topological polar surface area (TPSA) is 96.1 Å². The fraction of sp³-hybridized carbons (Fsp3) is 0.222. The second-order valence-corrected chi connectivity index (χ2v) is 6.21. The lowest BCUT2D eigenvalue weighted by atomic mass is 10.1. The third kappa shape index (κ3) is 5.11. The number of nitrogens with zero attached hydrogens (tertiary/aromatic N) is 2. The summed E-state index contributed by atoms with van der Waals surface area (Å²) >= 11 is 5.85. The minimum atomic E-state index is -0.976. The van der Waals surface area contributed by atoms with Gasteiger partial charge in [-0.15, -0.1) is 0 Å². The normalized spacial score (nSPS) is 11.5. The number of rotatable bonds is 6. The molecular formula is C18H20ClN3O4. The molecule has 0 saturated heterocycles. The Kier molecular flexibility index (Phi) is 6.43. The number of hydrogen-bond acceptors (Lipinski definition) is 4. The molecule has 1 atom stereocenters. The van der Waals surface area contributed by atoms with Crippen molar-refractivity contribution in [3.05, 3.63) is 59.1 Å². The molecule has 0 saturated carbocycles. The lowest BCUT2D eigenvalue weighted by Crippen LogP contribution is -2.45. The van der Waals surface area contributed by atoms with Gasteiger partial charge in [-0.3, -0.25) is 10.0 Å². The van der Waals surface area contributed by atoms with E-state index in [1.165, 1.54) is 4.90 Å². The average Bonchev–Trinajstić information content (AvgIpc) is 2.62. The molecule has 0 aliphatic carbocycles. The molecule has 138 valence electrons. The van der Waals surface area contributed by atoms with Crippen LogP contribution in [0.2, 0.25) is 5.02 Å². The number of halogens is 1. The van der Waals surface area contributed by atoms with Gasteiger partial charge in [-0.25, -0.2) is 9.86 Å². The van der Waals surface area contributed by atoms with Crippen molar-refractivity contribution in [3.8, 4) is 11.5 Å². The van der Waals surface area contributed by atoms with Crippen LogP contribution in [-0.2, 0) is 0 Å². The first-order chi connectivity index (χ1) is 12.3. The zero-order chi connectivity index (χ0) is 19.3. The predicted octanol–water partition coefficient (Wildman–Crippen LogP) is 3.36. The summed E-state index contributed by atoms with van der Waals surface area (Å²) in [5.41, 5.74) is 5.39. The number of hydroxylamine groups is 2. The molecule has 26 heavy (non-hydrogen) atoms. The summed E-state index contributed by atoms with van der Waals surface area (Å²) in [4.78, 5) is 24.9. The number of urea groups is 1. The summed E-state index contributed by atoms with van der Waals surface area (Å²) < 4.78 is 5.72. The molecule has 3 amide bonds. The highest BCUT2D eigenvalue weighted by Gasteiger charge is 2.21. The molecule has 0 spiro atoms. The quantitative estimate of drug-likeness (QED) is 0.596. The van der Waals surface area contributed by atoms with Crippen molar-refractivity contribution in [2.75, 3.05) is 13.6 Å². The molecule has 0 radical (unpaired) electrons. The number of carbonyl (C=O) groups excluding carboxylic acids is 2. The second kappa shape index (κ2) is 8.55. The molecule has 8 heteroatoms. The number of hydrogen-bond donors (Lipinski definition) is 2. The van der Waals surface area contributed by atoms with E-state index in [-0.39, 0.29) is 12.5 Å². The average molecular weight is 378 g/mol. The van der Waals surface area contributed by atoms with E-state index in [1.54, 1.807) is 62.5 Å². The highest BCUT2D eigenvalue weighted by Crippen LogP contribution is 2.24. The standard InChI is InChI=1S/C18H20ClN3O4/c1-12(11-22(25)18(20)24)21(2)17(23)13-4-3-5-16(10-13)26-15-8-6-14(19)7-9-15/h3-10,12,25H,11H2,1-2H3,(H2,20,24). The van der Waals surface area contributed by atoms with Crippen molar-refractivity contribution in [3.63, 3.8) is 0 Å². The molecule has 0 aliphatic heterocycles. The van der Waals surface area contributed by atoms with Gasteiger partial charge in [0, 0.05) is 23.7 Å². The number of benzene rings is 2. The molecule has 1 unspecified atom stereocenters. The Morgan fingerprint density at radius 2 is 1.85 bits per heavy atom. The van der Waals surface area contributed by atoms with Crippen LogP contribution in [-0.4, -0.2) is 46.7 Å². The summed E-state index contributed by atoms with van der Waals surface area (Å²) in [6.07, 6.45) is 0. The third-order valence-electron chi connectivity index (χ3n) is 3.80. The van der Waals surface area contributed by atoms with Crippen LogP contribution in [0.3, 0.4) is 0 Å². The van der Waals surface area contributed by atoms with E-state index in [0.717, 1.165) is 0 Å². The number of primary amides is 1. The molecule has 2 rings (SSSR count). The minimum Gasteiger partial charge on any atom is -0.457 e. The van der Waals surface area contributed by atoms with Crippen LogP contribution in [0, 0.1) is 0 Å². The minimum absolute atomic E-state index is 0.0987. The fourth-order valence-corrected chi connectivity index (χ4v) is 2.32. The maximum absolute atomic E-state index is 12.6. The van der Waals surface area contributed by atoms with Crippen molar-refractivity contribution in [2.45, 2.75) is 13.0 Å². The molecular weight excluding hydrogens is 358 g/mol. The number of amides is 3. The number of carbonyl (C=O) groups is 2. The second-order valence-electron chi connectivity index (χ2n) is 5.77. The van der Waals surface area contributed by atoms with E-state index in [0.29, 0.717) is 27.1 Å². The Morgan fingerprint density at radius 1 is 1.19 bits per heavy atom. The summed E-state index contributed by atoms with van der Waals surface area (Å²) in [7, 11) is 1.58. The summed E-state index contributed by atoms with van der Waals surface area (Å²) in [5, 5.41) is 10.4. The molecule has 7 nitrogen and oxygen atoms in total. The molecule has 0 aliphatic rings. The Hall–Kier alpha value is -2.77. The van der Waals surface area contributed by atoms with Crippen molar-refractivity contribution in [2.24, 2.45) is 5.73 Å². The van der Waals surface area contributed by atoms with E-state index in [4.69, 9.17) is 22.1 Å². The van der Waals surface area contributed by atoms with Gasteiger partial charge in [0.25, 0.3) is 5.91 Å². The van der Waals surface area contributed by atoms with Gasteiger partial charge in [0.1, 0.15) is 11.5 Å². The van der Waals surface area contributed by atoms with E-state index in [9.17, 15) is 14.8 Å². The predicted molar refractivity (Wildman–Crippen MR) is 97.6 cm³/mol. The molecule has 0 aromatic heterocycles. The van der Waals surface area contributed by atoms with Gasteiger partial charge in [-0.2, -0.15) is 0 Å². The van der Waals surface area contributed by atoms with Gasteiger partial charge in [0.2, 0.25) is 0 Å². The van der Waals surface area contributed by atoms with Gasteiger partial charge in [0.05, 0.1) is 6.54 Å². The summed E-state index contributed by atoms with van der Waals surface area (Å²) in [6, 6.07) is 12.2. The Morgan fingerprint density at radius 3 is 2.46 bits per heavy atom. The van der Waals surface area contributed by atoms with Crippen LogP contribution in [0.5, 0.6) is 11.5 Å². The first-order valence-corrected chi connectivity index (χ1v) is 8.22. The lowest BCUT2D eigenvalue weighted by molar-refractivity contribution is -0.0514. The highest BCUT2D eigenvalue weighted by atomic mass is 35.5. The lowest BCUT2D eigenvalue weighted by Gasteiger charge is -2.27. The number of ether oxygens (including phenoxy) is 1. The van der Waals surface area contributed by atoms with Crippen LogP contribution in [0.25, 0.3) is 0 Å². The molecule has 0 fully saturated rings. The maximum atomic E-state index is 12.6. The third-order valence-corrected chi connectivity index (χ3v) is 4.06. The van der Waals surface area contributed by atoms with Crippen LogP contribution in [0.1, 0.15) is 17.3 Å². The molecule has 3 N–H and O–H groups in total. The van der Waals surface area contributed by atoms with Crippen molar-refractivity contribution < 1.29 is 19.5 Å². The van der Waals surface area contributed by atoms with Gasteiger partial charge in [-0.05, 0) is 49.4 Å². The van der Waals surface area contributed by atoms with E-state index in [1.807, 2.05) is 0 Å². The SMILES string of the molecule is CC(CN(O)C(N)=O)N(C)C(=O)c1cccc(Oc2ccc(Cl)cc2)c1. The van der Waals surface area contributed by atoms with Crippen LogP contribution >= 0.6 is 11.6 Å². The van der Waals surface area contributed by atoms with Crippen LogP contribution in [0.15, 0.2) is 48.5 Å². The number of nitrogens with two attached hydrogens (primary N) is 1.